The molecule has 2 heterocycles. The highest BCUT2D eigenvalue weighted by Gasteiger charge is 2.36. The number of ketones is 1. The van der Waals surface area contributed by atoms with E-state index in [9.17, 15) is 4.79 Å². The number of carbonyl (C=O) groups excluding carboxylic acids is 1. The summed E-state index contributed by atoms with van der Waals surface area (Å²) in [7, 11) is 1.56. The maximum atomic E-state index is 12.3. The highest BCUT2D eigenvalue weighted by atomic mass is 16.5. The van der Waals surface area contributed by atoms with Crippen LogP contribution in [-0.2, 0) is 0 Å². The first kappa shape index (κ1) is 15.7. The monoisotopic (exact) mass is 314 g/mol. The average molecular weight is 314 g/mol. The molecule has 0 radical (unpaired) electrons. The van der Waals surface area contributed by atoms with Gasteiger partial charge in [0.05, 0.1) is 18.2 Å². The first-order valence-corrected chi connectivity index (χ1v) is 7.70. The van der Waals surface area contributed by atoms with E-state index in [1.54, 1.807) is 7.11 Å². The van der Waals surface area contributed by atoms with Crippen LogP contribution in [0.2, 0.25) is 0 Å². The SMILES string of the molecule is COc1c2c(c3c(c1C(C)=O)OC(C)(C)C=C3)OC(C)(C)C=C2. The smallest absolute Gasteiger partial charge is 0.167 e. The predicted molar refractivity (Wildman–Crippen MR) is 90.5 cm³/mol. The Morgan fingerprint density at radius 3 is 2.00 bits per heavy atom. The maximum absolute atomic E-state index is 12.3. The lowest BCUT2D eigenvalue weighted by Gasteiger charge is -2.35. The average Bonchev–Trinajstić information content (AvgIpc) is 2.43. The Labute approximate surface area is 136 Å². The zero-order valence-electron chi connectivity index (χ0n) is 14.4. The molecule has 4 heteroatoms. The third-order valence-corrected chi connectivity index (χ3v) is 4.02. The number of carbonyl (C=O) groups is 1. The van der Waals surface area contributed by atoms with Crippen molar-refractivity contribution >= 4 is 17.9 Å². The molecule has 0 unspecified atom stereocenters. The molecule has 122 valence electrons. The largest absolute Gasteiger partial charge is 0.495 e. The van der Waals surface area contributed by atoms with Crippen molar-refractivity contribution in [1.82, 2.24) is 0 Å². The molecule has 0 atom stereocenters. The van der Waals surface area contributed by atoms with Crippen molar-refractivity contribution in [1.29, 1.82) is 0 Å². The maximum Gasteiger partial charge on any atom is 0.167 e. The van der Waals surface area contributed by atoms with E-state index in [1.807, 2.05) is 52.0 Å². The Hall–Kier alpha value is -2.23. The quantitative estimate of drug-likeness (QED) is 0.765. The highest BCUT2D eigenvalue weighted by molar-refractivity contribution is 6.03. The number of hydrogen-bond donors (Lipinski definition) is 0. The third-order valence-electron chi connectivity index (χ3n) is 4.02. The molecule has 0 bridgehead atoms. The van der Waals surface area contributed by atoms with Crippen LogP contribution in [0.25, 0.3) is 12.2 Å². The van der Waals surface area contributed by atoms with Gasteiger partial charge in [0.25, 0.3) is 0 Å². The number of hydrogen-bond acceptors (Lipinski definition) is 4. The topological polar surface area (TPSA) is 44.8 Å². The lowest BCUT2D eigenvalue weighted by molar-refractivity contribution is 0.0994. The van der Waals surface area contributed by atoms with E-state index in [0.29, 0.717) is 22.8 Å². The van der Waals surface area contributed by atoms with Gasteiger partial charge in [0.15, 0.2) is 5.78 Å². The first-order valence-electron chi connectivity index (χ1n) is 7.70. The number of rotatable bonds is 2. The van der Waals surface area contributed by atoms with E-state index < -0.39 is 11.2 Å². The number of Topliss-reactive ketones (excluding diaryl/α,β-unsaturated/α-hetero) is 1. The van der Waals surface area contributed by atoms with Gasteiger partial charge in [-0.1, -0.05) is 0 Å². The molecule has 0 N–H and O–H groups in total. The van der Waals surface area contributed by atoms with Crippen molar-refractivity contribution in [2.45, 2.75) is 45.8 Å². The lowest BCUT2D eigenvalue weighted by atomic mass is 9.91. The number of methoxy groups -OCH3 is 1. The molecule has 1 aromatic carbocycles. The lowest BCUT2D eigenvalue weighted by Crippen LogP contribution is -2.32. The molecule has 0 aliphatic carbocycles. The minimum atomic E-state index is -0.490. The van der Waals surface area contributed by atoms with Crippen molar-refractivity contribution in [3.8, 4) is 17.2 Å². The van der Waals surface area contributed by atoms with Crippen molar-refractivity contribution in [3.05, 3.63) is 28.8 Å². The van der Waals surface area contributed by atoms with Crippen LogP contribution in [-0.4, -0.2) is 24.1 Å². The Kier molecular flexibility index (Phi) is 3.32. The van der Waals surface area contributed by atoms with Crippen molar-refractivity contribution in [2.75, 3.05) is 7.11 Å². The zero-order chi connectivity index (χ0) is 17.0. The summed E-state index contributed by atoms with van der Waals surface area (Å²) in [6.07, 6.45) is 7.86. The second kappa shape index (κ2) is 4.88. The van der Waals surface area contributed by atoms with Crippen LogP contribution < -0.4 is 14.2 Å². The van der Waals surface area contributed by atoms with Gasteiger partial charge < -0.3 is 14.2 Å². The van der Waals surface area contributed by atoms with Gasteiger partial charge in [0.2, 0.25) is 0 Å². The van der Waals surface area contributed by atoms with Crippen LogP contribution in [0.1, 0.15) is 56.1 Å². The van der Waals surface area contributed by atoms with E-state index in [-0.39, 0.29) is 5.78 Å². The minimum absolute atomic E-state index is 0.0924. The van der Waals surface area contributed by atoms with E-state index in [2.05, 4.69) is 0 Å². The van der Waals surface area contributed by atoms with Crippen molar-refractivity contribution < 1.29 is 19.0 Å². The molecule has 0 saturated carbocycles. The molecule has 0 fully saturated rings. The van der Waals surface area contributed by atoms with Gasteiger partial charge in [-0.05, 0) is 58.9 Å². The third kappa shape index (κ3) is 2.52. The fourth-order valence-corrected chi connectivity index (χ4v) is 2.94. The molecule has 2 aliphatic heterocycles. The Balaban J connectivity index is 2.38. The summed E-state index contributed by atoms with van der Waals surface area (Å²) in [6, 6.07) is 0. The molecule has 0 aromatic heterocycles. The Morgan fingerprint density at radius 1 is 0.957 bits per heavy atom. The van der Waals surface area contributed by atoms with Crippen molar-refractivity contribution in [3.63, 3.8) is 0 Å². The molecule has 0 spiro atoms. The Bertz CT molecular complexity index is 751. The van der Waals surface area contributed by atoms with Gasteiger partial charge in [0, 0.05) is 0 Å². The van der Waals surface area contributed by atoms with E-state index in [4.69, 9.17) is 14.2 Å². The summed E-state index contributed by atoms with van der Waals surface area (Å²) < 4.78 is 17.8. The molecular weight excluding hydrogens is 292 g/mol. The fraction of sp³-hybridized carbons (Fsp3) is 0.421. The zero-order valence-corrected chi connectivity index (χ0v) is 14.4. The van der Waals surface area contributed by atoms with E-state index in [0.717, 1.165) is 11.1 Å². The van der Waals surface area contributed by atoms with Crippen LogP contribution >= 0.6 is 0 Å². The van der Waals surface area contributed by atoms with Gasteiger partial charge >= 0.3 is 0 Å². The van der Waals surface area contributed by atoms with Gasteiger partial charge in [0.1, 0.15) is 34.0 Å². The van der Waals surface area contributed by atoms with E-state index >= 15 is 0 Å². The second-order valence-electron chi connectivity index (χ2n) is 7.03. The summed E-state index contributed by atoms with van der Waals surface area (Å²) in [4.78, 5) is 12.3. The van der Waals surface area contributed by atoms with E-state index in [1.165, 1.54) is 6.92 Å². The van der Waals surface area contributed by atoms with Crippen LogP contribution in [0.15, 0.2) is 12.2 Å². The minimum Gasteiger partial charge on any atom is -0.495 e. The first-order chi connectivity index (χ1) is 10.7. The summed E-state index contributed by atoms with van der Waals surface area (Å²) in [5, 5.41) is 0. The molecule has 2 aliphatic rings. The Morgan fingerprint density at radius 2 is 1.48 bits per heavy atom. The molecule has 4 nitrogen and oxygen atoms in total. The summed E-state index contributed by atoms with van der Waals surface area (Å²) in [5.41, 5.74) is 1.12. The molecule has 0 saturated heterocycles. The molecule has 0 amide bonds. The normalized spacial score (nSPS) is 19.2. The van der Waals surface area contributed by atoms with Crippen LogP contribution in [0.4, 0.5) is 0 Å². The summed E-state index contributed by atoms with van der Waals surface area (Å²) >= 11 is 0. The summed E-state index contributed by atoms with van der Waals surface area (Å²) in [6.45, 7) is 9.40. The van der Waals surface area contributed by atoms with Gasteiger partial charge in [-0.15, -0.1) is 0 Å². The second-order valence-corrected chi connectivity index (χ2v) is 7.03. The standard InChI is InChI=1S/C19H22O4/c1-11(20)14-16(21-6)12-7-9-18(2,3)22-15(12)13-8-10-19(4,5)23-17(13)14/h7-10H,1-6H3. The summed E-state index contributed by atoms with van der Waals surface area (Å²) in [5.74, 6) is 1.64. The fourth-order valence-electron chi connectivity index (χ4n) is 2.94. The number of fused-ring (bicyclic) bond motifs is 3. The van der Waals surface area contributed by atoms with Gasteiger partial charge in [-0.3, -0.25) is 4.79 Å². The molecule has 1 aromatic rings. The highest BCUT2D eigenvalue weighted by Crippen LogP contribution is 2.50. The van der Waals surface area contributed by atoms with Crippen LogP contribution in [0.5, 0.6) is 17.2 Å². The number of benzene rings is 1. The molecular formula is C19H22O4. The van der Waals surface area contributed by atoms with Gasteiger partial charge in [-0.25, -0.2) is 0 Å². The van der Waals surface area contributed by atoms with Crippen LogP contribution in [0.3, 0.4) is 0 Å². The molecule has 3 rings (SSSR count). The van der Waals surface area contributed by atoms with Gasteiger partial charge in [-0.2, -0.15) is 0 Å². The van der Waals surface area contributed by atoms with Crippen molar-refractivity contribution in [2.24, 2.45) is 0 Å². The predicted octanol–water partition coefficient (Wildman–Crippen LogP) is 4.27. The van der Waals surface area contributed by atoms with Crippen LogP contribution in [0, 0.1) is 0 Å². The number of ether oxygens (including phenoxy) is 3. The molecule has 23 heavy (non-hydrogen) atoms.